The number of nitrogens with zero attached hydrogens (tertiary/aromatic N) is 1. The third-order valence-corrected chi connectivity index (χ3v) is 5.33. The van der Waals surface area contributed by atoms with Crippen LogP contribution in [0.3, 0.4) is 0 Å². The monoisotopic (exact) mass is 412 g/mol. The van der Waals surface area contributed by atoms with E-state index in [4.69, 9.17) is 21.1 Å². The van der Waals surface area contributed by atoms with Crippen molar-refractivity contribution in [2.24, 2.45) is 0 Å². The van der Waals surface area contributed by atoms with Gasteiger partial charge in [-0.05, 0) is 43.3 Å². The molecule has 0 aliphatic heterocycles. The molecule has 0 fully saturated rings. The quantitative estimate of drug-likeness (QED) is 0.755. The average Bonchev–Trinajstić information content (AvgIpc) is 2.62. The number of hydrogen-bond donors (Lipinski definition) is 1. The lowest BCUT2D eigenvalue weighted by Gasteiger charge is -2.28. The van der Waals surface area contributed by atoms with E-state index in [1.165, 1.54) is 21.1 Å². The van der Waals surface area contributed by atoms with Crippen LogP contribution in [-0.2, 0) is 14.8 Å². The van der Waals surface area contributed by atoms with Gasteiger partial charge in [0.2, 0.25) is 15.9 Å². The highest BCUT2D eigenvalue weighted by molar-refractivity contribution is 7.92. The largest absolute Gasteiger partial charge is 0.497 e. The Kier molecular flexibility index (Phi) is 6.56. The number of methoxy groups -OCH3 is 2. The Morgan fingerprint density at radius 2 is 1.74 bits per heavy atom. The molecule has 0 aromatic heterocycles. The number of sulfonamides is 1. The van der Waals surface area contributed by atoms with Crippen molar-refractivity contribution in [3.63, 3.8) is 0 Å². The summed E-state index contributed by atoms with van der Waals surface area (Å²) in [5, 5.41) is 3.16. The van der Waals surface area contributed by atoms with E-state index in [1.54, 1.807) is 42.5 Å². The Labute approximate surface area is 163 Å². The maximum absolute atomic E-state index is 12.7. The van der Waals surface area contributed by atoms with Crippen molar-refractivity contribution in [1.29, 1.82) is 0 Å². The minimum absolute atomic E-state index is 0.339. The number of amides is 1. The van der Waals surface area contributed by atoms with E-state index in [9.17, 15) is 13.2 Å². The van der Waals surface area contributed by atoms with Gasteiger partial charge in [-0.3, -0.25) is 9.10 Å². The minimum Gasteiger partial charge on any atom is -0.497 e. The number of ether oxygens (including phenoxy) is 2. The van der Waals surface area contributed by atoms with Gasteiger partial charge in [0.25, 0.3) is 0 Å². The molecule has 0 aliphatic rings. The molecule has 7 nitrogen and oxygen atoms in total. The Morgan fingerprint density at radius 1 is 1.11 bits per heavy atom. The summed E-state index contributed by atoms with van der Waals surface area (Å²) >= 11 is 5.87. The van der Waals surface area contributed by atoms with Crippen LogP contribution in [0.4, 0.5) is 11.4 Å². The molecular formula is C18H21ClN2O5S. The summed E-state index contributed by atoms with van der Waals surface area (Å²) in [6.45, 7) is 1.50. The van der Waals surface area contributed by atoms with Crippen LogP contribution in [0.5, 0.6) is 11.5 Å². The molecule has 0 saturated carbocycles. The Morgan fingerprint density at radius 3 is 2.26 bits per heavy atom. The van der Waals surface area contributed by atoms with Gasteiger partial charge in [0.05, 0.1) is 31.9 Å². The molecule has 27 heavy (non-hydrogen) atoms. The lowest BCUT2D eigenvalue weighted by atomic mass is 10.2. The van der Waals surface area contributed by atoms with Gasteiger partial charge in [-0.15, -0.1) is 0 Å². The van der Waals surface area contributed by atoms with Crippen LogP contribution in [-0.4, -0.2) is 40.8 Å². The molecular weight excluding hydrogens is 392 g/mol. The zero-order chi connectivity index (χ0) is 20.2. The first-order valence-corrected chi connectivity index (χ1v) is 10.2. The second-order valence-corrected chi connectivity index (χ2v) is 8.06. The SMILES string of the molecule is COc1ccc(NC(=O)[C@@H](C)N(c2ccc(Cl)cc2)S(C)(=O)=O)c(OC)c1. The number of hydrogen-bond acceptors (Lipinski definition) is 5. The molecule has 0 bridgehead atoms. The zero-order valence-corrected chi connectivity index (χ0v) is 17.0. The molecule has 2 aromatic carbocycles. The molecule has 0 saturated heterocycles. The molecule has 146 valence electrons. The number of carbonyl (C=O) groups excluding carboxylic acids is 1. The summed E-state index contributed by atoms with van der Waals surface area (Å²) < 4.78 is 36.0. The maximum Gasteiger partial charge on any atom is 0.248 e. The van der Waals surface area contributed by atoms with E-state index in [0.29, 0.717) is 27.9 Å². The molecule has 0 heterocycles. The first-order valence-electron chi connectivity index (χ1n) is 7.95. The molecule has 2 rings (SSSR count). The van der Waals surface area contributed by atoms with E-state index in [2.05, 4.69) is 5.32 Å². The maximum atomic E-state index is 12.7. The number of rotatable bonds is 7. The van der Waals surface area contributed by atoms with E-state index in [0.717, 1.165) is 10.6 Å². The first-order chi connectivity index (χ1) is 12.7. The highest BCUT2D eigenvalue weighted by atomic mass is 35.5. The highest BCUT2D eigenvalue weighted by Crippen LogP contribution is 2.30. The fourth-order valence-electron chi connectivity index (χ4n) is 2.54. The fraction of sp³-hybridized carbons (Fsp3) is 0.278. The summed E-state index contributed by atoms with van der Waals surface area (Å²) in [4.78, 5) is 12.7. The smallest absolute Gasteiger partial charge is 0.248 e. The van der Waals surface area contributed by atoms with Gasteiger partial charge >= 0.3 is 0 Å². The molecule has 1 atom stereocenters. The highest BCUT2D eigenvalue weighted by Gasteiger charge is 2.29. The van der Waals surface area contributed by atoms with Crippen LogP contribution < -0.4 is 19.1 Å². The van der Waals surface area contributed by atoms with Crippen molar-refractivity contribution in [1.82, 2.24) is 0 Å². The summed E-state index contributed by atoms with van der Waals surface area (Å²) in [5.41, 5.74) is 0.742. The lowest BCUT2D eigenvalue weighted by Crippen LogP contribution is -2.45. The Hall–Kier alpha value is -2.45. The van der Waals surface area contributed by atoms with Gasteiger partial charge in [0, 0.05) is 11.1 Å². The predicted octanol–water partition coefficient (Wildman–Crippen LogP) is 3.15. The van der Waals surface area contributed by atoms with Gasteiger partial charge in [0.1, 0.15) is 17.5 Å². The number of nitrogens with one attached hydrogen (secondary N) is 1. The van der Waals surface area contributed by atoms with Crippen molar-refractivity contribution >= 4 is 38.9 Å². The first kappa shape index (κ1) is 20.9. The van der Waals surface area contributed by atoms with Crippen molar-refractivity contribution < 1.29 is 22.7 Å². The van der Waals surface area contributed by atoms with E-state index in [1.807, 2.05) is 0 Å². The molecule has 2 aromatic rings. The Balaban J connectivity index is 2.32. The minimum atomic E-state index is -3.72. The molecule has 0 unspecified atom stereocenters. The standard InChI is InChI=1S/C18H21ClN2O5S/c1-12(21(27(4,23)24)14-7-5-13(19)6-8-14)18(22)20-16-10-9-15(25-2)11-17(16)26-3/h5-12H,1-4H3,(H,20,22)/t12-/m1/s1. The van der Waals surface area contributed by atoms with Crippen LogP contribution in [0.1, 0.15) is 6.92 Å². The van der Waals surface area contributed by atoms with Crippen LogP contribution in [0.2, 0.25) is 5.02 Å². The lowest BCUT2D eigenvalue weighted by molar-refractivity contribution is -0.116. The molecule has 1 N–H and O–H groups in total. The van der Waals surface area contributed by atoms with Crippen molar-refractivity contribution in [2.75, 3.05) is 30.1 Å². The number of benzene rings is 2. The third-order valence-electron chi connectivity index (χ3n) is 3.84. The zero-order valence-electron chi connectivity index (χ0n) is 15.4. The number of halogens is 1. The van der Waals surface area contributed by atoms with Gasteiger partial charge in [-0.1, -0.05) is 11.6 Å². The van der Waals surface area contributed by atoms with E-state index >= 15 is 0 Å². The summed E-state index contributed by atoms with van der Waals surface area (Å²) in [6, 6.07) is 10.1. The number of anilines is 2. The van der Waals surface area contributed by atoms with E-state index in [-0.39, 0.29) is 0 Å². The van der Waals surface area contributed by atoms with Gasteiger partial charge in [0.15, 0.2) is 0 Å². The summed E-state index contributed by atoms with van der Waals surface area (Å²) in [6.07, 6.45) is 1.04. The predicted molar refractivity (Wildman–Crippen MR) is 106 cm³/mol. The molecule has 0 spiro atoms. The number of carbonyl (C=O) groups is 1. The van der Waals surface area contributed by atoms with Crippen molar-refractivity contribution in [3.05, 3.63) is 47.5 Å². The van der Waals surface area contributed by atoms with Crippen LogP contribution in [0.25, 0.3) is 0 Å². The van der Waals surface area contributed by atoms with Crippen LogP contribution >= 0.6 is 11.6 Å². The molecule has 1 amide bonds. The second kappa shape index (κ2) is 8.49. The van der Waals surface area contributed by atoms with Gasteiger partial charge in [-0.25, -0.2) is 8.42 Å². The fourth-order valence-corrected chi connectivity index (χ4v) is 3.84. The molecule has 0 aliphatic carbocycles. The molecule has 0 radical (unpaired) electrons. The van der Waals surface area contributed by atoms with E-state index < -0.39 is 22.0 Å². The normalized spacial score (nSPS) is 12.2. The van der Waals surface area contributed by atoms with Gasteiger partial charge < -0.3 is 14.8 Å². The summed E-state index contributed by atoms with van der Waals surface area (Å²) in [7, 11) is -0.734. The van der Waals surface area contributed by atoms with Crippen molar-refractivity contribution in [2.45, 2.75) is 13.0 Å². The van der Waals surface area contributed by atoms with Crippen molar-refractivity contribution in [3.8, 4) is 11.5 Å². The van der Waals surface area contributed by atoms with Gasteiger partial charge in [-0.2, -0.15) is 0 Å². The topological polar surface area (TPSA) is 84.9 Å². The molecule has 9 heteroatoms. The summed E-state index contributed by atoms with van der Waals surface area (Å²) in [5.74, 6) is 0.447. The second-order valence-electron chi connectivity index (χ2n) is 5.77. The third kappa shape index (κ3) is 5.05. The average molecular weight is 413 g/mol. The van der Waals surface area contributed by atoms with Crippen LogP contribution in [0.15, 0.2) is 42.5 Å². The van der Waals surface area contributed by atoms with Crippen LogP contribution in [0, 0.1) is 0 Å². The Bertz CT molecular complexity index is 916.